The molecule has 0 aliphatic rings. The van der Waals surface area contributed by atoms with E-state index in [4.69, 9.17) is 39.4 Å². The first-order chi connectivity index (χ1) is 11.1. The molecule has 0 rings (SSSR count). The quantitative estimate of drug-likeness (QED) is 0.340. The van der Waals surface area contributed by atoms with Crippen molar-refractivity contribution in [2.24, 2.45) is 0 Å². The molecule has 0 amide bonds. The van der Waals surface area contributed by atoms with Gasteiger partial charge in [-0.05, 0) is 27.7 Å². The number of carbonyl (C=O) groups is 2. The number of aliphatic hydroxyl groups is 2. The molecular weight excluding hydrogens is 458 g/mol. The Balaban J connectivity index is -0.0000000498. The van der Waals surface area contributed by atoms with Crippen LogP contribution in [0.2, 0.25) is 0 Å². The standard InChI is InChI=1S/2C5H8O2.2C2H3N.ClHO4.Tc/c2*1-4(6)3-5(2)7;2*1-2-3;2-1(3,4)5;/h2*3,6H,1-2H3;2*1H3;(H,2,3,4,5);/p-1/b2*4-3-;;;;. The minimum Gasteiger partial charge on any atom is -0.512 e. The second kappa shape index (κ2) is 28.0. The maximum Gasteiger partial charge on any atom is 0.155 e. The first-order valence-electron chi connectivity index (χ1n) is 6.07. The van der Waals surface area contributed by atoms with Crippen molar-refractivity contribution in [3.63, 3.8) is 0 Å². The first kappa shape index (κ1) is 39.3. The zero-order valence-corrected chi connectivity index (χ0v) is 17.8. The molecule has 10 nitrogen and oxygen atoms in total. The van der Waals surface area contributed by atoms with Crippen molar-refractivity contribution in [3.05, 3.63) is 23.7 Å². The van der Waals surface area contributed by atoms with Crippen LogP contribution in [0, 0.1) is 32.9 Å². The van der Waals surface area contributed by atoms with Crippen LogP contribution in [-0.2, 0) is 29.7 Å². The van der Waals surface area contributed by atoms with Gasteiger partial charge in [0.15, 0.2) is 11.6 Å². The Bertz CT molecular complexity index is 449. The summed E-state index contributed by atoms with van der Waals surface area (Å²) in [6.45, 7) is 8.56. The third-order valence-electron chi connectivity index (χ3n) is 0.824. The Morgan fingerprint density at radius 3 is 0.923 bits per heavy atom. The zero-order chi connectivity index (χ0) is 21.6. The van der Waals surface area contributed by atoms with Crippen molar-refractivity contribution < 1.29 is 68.8 Å². The van der Waals surface area contributed by atoms with E-state index in [1.165, 1.54) is 53.7 Å². The Labute approximate surface area is 168 Å². The van der Waals surface area contributed by atoms with Crippen molar-refractivity contribution >= 4 is 11.6 Å². The van der Waals surface area contributed by atoms with Gasteiger partial charge < -0.3 is 10.2 Å². The summed E-state index contributed by atoms with van der Waals surface area (Å²) < 4.78 is 34.0. The van der Waals surface area contributed by atoms with E-state index in [-0.39, 0.29) is 43.2 Å². The summed E-state index contributed by atoms with van der Waals surface area (Å²) in [5.41, 5.74) is 0. The summed E-state index contributed by atoms with van der Waals surface area (Å²) in [5, 5.41) is 31.4. The van der Waals surface area contributed by atoms with E-state index < -0.39 is 10.2 Å². The summed E-state index contributed by atoms with van der Waals surface area (Å²) in [6.07, 6.45) is 2.33. The summed E-state index contributed by atoms with van der Waals surface area (Å²) in [6, 6.07) is 3.50. The molecule has 0 spiro atoms. The van der Waals surface area contributed by atoms with Crippen LogP contribution in [0.3, 0.4) is 0 Å². The molecule has 2 N–H and O–H groups in total. The van der Waals surface area contributed by atoms with E-state index >= 15 is 0 Å². The van der Waals surface area contributed by atoms with Gasteiger partial charge in [-0.15, -0.1) is 10.2 Å². The number of aliphatic hydroxyl groups excluding tert-OH is 2. The number of rotatable bonds is 2. The number of halogens is 1. The Hall–Kier alpha value is -1.82. The van der Waals surface area contributed by atoms with Crippen LogP contribution in [0.1, 0.15) is 41.5 Å². The largest absolute Gasteiger partial charge is 0.512 e. The van der Waals surface area contributed by atoms with Crippen molar-refractivity contribution in [1.29, 1.82) is 10.5 Å². The van der Waals surface area contributed by atoms with Crippen LogP contribution in [0.4, 0.5) is 0 Å². The third-order valence-corrected chi connectivity index (χ3v) is 0.824. The number of ketones is 2. The third kappa shape index (κ3) is 261. The van der Waals surface area contributed by atoms with Gasteiger partial charge in [0.2, 0.25) is 0 Å². The molecule has 12 heteroatoms. The molecule has 0 aromatic rings. The molecule has 0 fully saturated rings. The molecule has 0 aliphatic carbocycles. The second-order valence-electron chi connectivity index (χ2n) is 3.62. The van der Waals surface area contributed by atoms with E-state index in [9.17, 15) is 9.59 Å². The normalized spacial score (nSPS) is 9.08. The molecular formula is C14H22ClN2O8Tc-. The number of hydrogen-bond donors (Lipinski definition) is 2. The average molecular weight is 480 g/mol. The fourth-order valence-corrected chi connectivity index (χ4v) is 0.588. The minimum absolute atomic E-state index is 0. The summed E-state index contributed by atoms with van der Waals surface area (Å²) in [5.74, 6) is -0.125. The van der Waals surface area contributed by atoms with Crippen LogP contribution in [-0.4, -0.2) is 21.8 Å². The van der Waals surface area contributed by atoms with Crippen molar-refractivity contribution in [3.8, 4) is 12.1 Å². The van der Waals surface area contributed by atoms with E-state index in [0.717, 1.165) is 0 Å². The monoisotopic (exact) mass is 478 g/mol. The molecule has 0 atom stereocenters. The molecule has 0 heterocycles. The van der Waals surface area contributed by atoms with E-state index in [0.29, 0.717) is 0 Å². The fourth-order valence-electron chi connectivity index (χ4n) is 0.588. The molecule has 0 saturated heterocycles. The van der Waals surface area contributed by atoms with Gasteiger partial charge in [-0.1, -0.05) is 0 Å². The van der Waals surface area contributed by atoms with Gasteiger partial charge in [0.05, 0.1) is 23.7 Å². The molecule has 0 aliphatic heterocycles. The maximum absolute atomic E-state index is 10.0. The summed E-state index contributed by atoms with van der Waals surface area (Å²) in [7, 11) is -4.94. The van der Waals surface area contributed by atoms with Gasteiger partial charge >= 0.3 is 0 Å². The Kier molecular flexibility index (Phi) is 42.3. The topological polar surface area (TPSA) is 214 Å². The molecule has 0 unspecified atom stereocenters. The SMILES string of the molecule is CC#N.CC#N.CC(=O)/C=C(/C)O.CC(=O)/C=C(/C)O.[O-][Cl+3]([O-])([O-])[O-].[Tc]. The first-order valence-corrected chi connectivity index (χ1v) is 7.31. The predicted molar refractivity (Wildman–Crippen MR) is 76.7 cm³/mol. The van der Waals surface area contributed by atoms with Gasteiger partial charge in [0.1, 0.15) is 0 Å². The zero-order valence-electron chi connectivity index (χ0n) is 15.1. The molecule has 0 aromatic heterocycles. The Morgan fingerprint density at radius 1 is 0.808 bits per heavy atom. The maximum atomic E-state index is 10.0. The number of nitriles is 2. The molecule has 0 saturated carbocycles. The molecule has 1 radical (unpaired) electrons. The van der Waals surface area contributed by atoms with Crippen LogP contribution in [0.15, 0.2) is 23.7 Å². The van der Waals surface area contributed by atoms with Crippen LogP contribution >= 0.6 is 0 Å². The number of hydrogen-bond acceptors (Lipinski definition) is 10. The van der Waals surface area contributed by atoms with E-state index in [2.05, 4.69) is 0 Å². The molecule has 0 aromatic carbocycles. The second-order valence-corrected chi connectivity index (χ2v) is 4.37. The van der Waals surface area contributed by atoms with Gasteiger partial charge in [0.25, 0.3) is 0 Å². The van der Waals surface area contributed by atoms with Gasteiger partial charge in [-0.2, -0.15) is 10.5 Å². The fraction of sp³-hybridized carbons (Fsp3) is 0.429. The number of carbonyl (C=O) groups excluding carboxylic acids is 2. The summed E-state index contributed by atoms with van der Waals surface area (Å²) >= 11 is 0. The smallest absolute Gasteiger partial charge is 0.155 e. The van der Waals surface area contributed by atoms with Gasteiger partial charge in [0, 0.05) is 46.1 Å². The van der Waals surface area contributed by atoms with Crippen LogP contribution in [0.5, 0.6) is 0 Å². The molecule has 151 valence electrons. The molecule has 0 bridgehead atoms. The van der Waals surface area contributed by atoms with E-state index in [1.54, 1.807) is 12.1 Å². The Morgan fingerprint density at radius 2 is 0.923 bits per heavy atom. The predicted octanol–water partition coefficient (Wildman–Crippen LogP) is -1.62. The van der Waals surface area contributed by atoms with Gasteiger partial charge in [-0.25, -0.2) is 18.6 Å². The van der Waals surface area contributed by atoms with Crippen molar-refractivity contribution in [2.45, 2.75) is 41.5 Å². The minimum atomic E-state index is -4.94. The van der Waals surface area contributed by atoms with Crippen LogP contribution in [0.25, 0.3) is 0 Å². The van der Waals surface area contributed by atoms with Crippen LogP contribution < -0.4 is 18.6 Å². The van der Waals surface area contributed by atoms with Gasteiger partial charge in [-0.3, -0.25) is 9.59 Å². The number of nitrogens with zero attached hydrogens (tertiary/aromatic N) is 2. The van der Waals surface area contributed by atoms with E-state index in [1.807, 2.05) is 0 Å². The summed E-state index contributed by atoms with van der Waals surface area (Å²) in [4.78, 5) is 20.0. The average Bonchev–Trinajstić information content (AvgIpc) is 2.24. The van der Waals surface area contributed by atoms with Crippen molar-refractivity contribution in [2.75, 3.05) is 0 Å². The molecule has 26 heavy (non-hydrogen) atoms. The number of allylic oxidation sites excluding steroid dienone is 4. The van der Waals surface area contributed by atoms with Crippen molar-refractivity contribution in [1.82, 2.24) is 0 Å².